The number of aliphatic hydroxyl groups excluding tert-OH is 1. The monoisotopic (exact) mass is 732 g/mol. The number of hydrogen-bond donors (Lipinski definition) is 1. The Morgan fingerprint density at radius 2 is 1.72 bits per heavy atom. The van der Waals surface area contributed by atoms with Crippen LogP contribution in [0.1, 0.15) is 99.8 Å². The van der Waals surface area contributed by atoms with Crippen LogP contribution in [-0.4, -0.2) is 98.1 Å². The molecule has 7 rings (SSSR count). The third-order valence-electron chi connectivity index (χ3n) is 16.1. The Bertz CT molecular complexity index is 1480. The highest BCUT2D eigenvalue weighted by atomic mass is 32.2. The van der Waals surface area contributed by atoms with Crippen molar-refractivity contribution >= 4 is 15.9 Å². The van der Waals surface area contributed by atoms with Crippen LogP contribution in [0, 0.1) is 56.7 Å². The molecule has 9 nitrogen and oxygen atoms in total. The van der Waals surface area contributed by atoms with Gasteiger partial charge in [-0.1, -0.05) is 48.5 Å². The van der Waals surface area contributed by atoms with Gasteiger partial charge in [0.15, 0.2) is 6.29 Å². The summed E-state index contributed by atoms with van der Waals surface area (Å²) < 4.78 is 83.8. The van der Waals surface area contributed by atoms with Gasteiger partial charge in [0, 0.05) is 31.5 Å². The standard InChI is InChI=1S/C37H59F3N2O7S/c1-21(2)31(44)42-15-16-47-27(19-42)49-26-11-12-35-20-36(35)14-13-33(6)28-22(3)17-23(18-41(8)50(45,46)37(38,39)40)48-29(28)30(43)34(33,7)25(36)10-9-24(35)32(26,4)5/h21-30,43H,9-20H2,1-8H3/t22-,23-,24+,25+,26+,27+,28?,29+,30+,33-,34-,35-,36+/m1/s1. The Kier molecular flexibility index (Phi) is 8.78. The molecule has 2 saturated heterocycles. The molecule has 0 aromatic heterocycles. The molecule has 7 fully saturated rings. The lowest BCUT2D eigenvalue weighted by Crippen LogP contribution is -2.60. The quantitative estimate of drug-likeness (QED) is 0.368. The highest BCUT2D eigenvalue weighted by Gasteiger charge is 2.84. The number of carbonyl (C=O) groups is 1. The van der Waals surface area contributed by atoms with E-state index in [1.165, 1.54) is 0 Å². The second-order valence-electron chi connectivity index (χ2n) is 18.7. The summed E-state index contributed by atoms with van der Waals surface area (Å²) in [6.45, 7) is 16.4. The lowest BCUT2D eigenvalue weighted by Gasteiger charge is -2.64. The summed E-state index contributed by atoms with van der Waals surface area (Å²) in [5, 5.41) is 12.4. The summed E-state index contributed by atoms with van der Waals surface area (Å²) in [5.74, 6) is 0.903. The second-order valence-corrected chi connectivity index (χ2v) is 20.8. The fourth-order valence-electron chi connectivity index (χ4n) is 13.8. The number of likely N-dealkylation sites (N-methyl/N-ethyl adjacent to an activating group) is 1. The molecule has 2 heterocycles. The van der Waals surface area contributed by atoms with Crippen molar-refractivity contribution in [3.63, 3.8) is 0 Å². The molecule has 0 radical (unpaired) electrons. The fraction of sp³-hybridized carbons (Fsp3) is 0.973. The fourth-order valence-corrected chi connectivity index (χ4v) is 14.5. The molecule has 0 bridgehead atoms. The summed E-state index contributed by atoms with van der Waals surface area (Å²) in [5.41, 5.74) is -5.84. The van der Waals surface area contributed by atoms with Crippen LogP contribution in [0.15, 0.2) is 0 Å². The summed E-state index contributed by atoms with van der Waals surface area (Å²) in [4.78, 5) is 14.6. The molecular formula is C37H59F3N2O7S. The smallest absolute Gasteiger partial charge is 0.390 e. The normalized spacial score (nSPS) is 48.4. The minimum absolute atomic E-state index is 0.0151. The van der Waals surface area contributed by atoms with E-state index in [0.717, 1.165) is 52.0 Å². The number of fused-ring (bicyclic) bond motifs is 4. The van der Waals surface area contributed by atoms with E-state index < -0.39 is 52.1 Å². The van der Waals surface area contributed by atoms with Gasteiger partial charge in [-0.25, -0.2) is 8.42 Å². The van der Waals surface area contributed by atoms with Crippen LogP contribution >= 0.6 is 0 Å². The predicted octanol–water partition coefficient (Wildman–Crippen LogP) is 5.81. The van der Waals surface area contributed by atoms with Gasteiger partial charge in [0.2, 0.25) is 5.91 Å². The SMILES string of the molecule is CC(C)C(=O)N1CCO[C@@H](O[C@H]2CC[C@]34C[C@]35CC[C@]3(C)C6[C@H](C)C[C@H](CN(C)S(=O)(=O)C(F)(F)F)O[C@@H]6[C@H](O)[C@@]3(C)[C@@H]5CC[C@H]4C2(C)C)C1. The van der Waals surface area contributed by atoms with Crippen LogP contribution in [0.5, 0.6) is 0 Å². The zero-order valence-electron chi connectivity index (χ0n) is 31.1. The van der Waals surface area contributed by atoms with Crippen molar-refractivity contribution in [3.05, 3.63) is 0 Å². The summed E-state index contributed by atoms with van der Waals surface area (Å²) in [6.07, 6.45) is 5.18. The predicted molar refractivity (Wildman–Crippen MR) is 180 cm³/mol. The van der Waals surface area contributed by atoms with Crippen molar-refractivity contribution in [2.75, 3.05) is 33.3 Å². The van der Waals surface area contributed by atoms with Gasteiger partial charge in [-0.3, -0.25) is 4.79 Å². The lowest BCUT2D eigenvalue weighted by molar-refractivity contribution is -0.248. The molecule has 50 heavy (non-hydrogen) atoms. The van der Waals surface area contributed by atoms with Gasteiger partial charge in [0.1, 0.15) is 0 Å². The minimum atomic E-state index is -5.48. The van der Waals surface area contributed by atoms with E-state index in [1.807, 2.05) is 18.7 Å². The number of sulfonamides is 1. The molecular weight excluding hydrogens is 673 g/mol. The molecule has 13 atom stereocenters. The zero-order valence-corrected chi connectivity index (χ0v) is 31.9. The minimum Gasteiger partial charge on any atom is -0.390 e. The molecule has 0 aromatic rings. The van der Waals surface area contributed by atoms with Crippen molar-refractivity contribution in [2.45, 2.75) is 136 Å². The average Bonchev–Trinajstić information content (AvgIpc) is 3.66. The van der Waals surface area contributed by atoms with Crippen LogP contribution in [0.25, 0.3) is 0 Å². The van der Waals surface area contributed by atoms with E-state index >= 15 is 0 Å². The second kappa shape index (κ2) is 11.8. The Labute approximate surface area is 296 Å². The van der Waals surface area contributed by atoms with Crippen molar-refractivity contribution in [1.82, 2.24) is 9.21 Å². The van der Waals surface area contributed by atoms with Gasteiger partial charge < -0.3 is 24.2 Å². The number of hydrogen-bond acceptors (Lipinski definition) is 7. The van der Waals surface area contributed by atoms with E-state index in [0.29, 0.717) is 42.3 Å². The maximum Gasteiger partial charge on any atom is 0.511 e. The number of rotatable bonds is 6. The Balaban J connectivity index is 1.09. The molecule has 0 aromatic carbocycles. The van der Waals surface area contributed by atoms with Crippen LogP contribution in [-0.2, 0) is 29.0 Å². The molecule has 7 aliphatic rings. The van der Waals surface area contributed by atoms with Crippen molar-refractivity contribution in [3.8, 4) is 0 Å². The largest absolute Gasteiger partial charge is 0.511 e. The summed E-state index contributed by atoms with van der Waals surface area (Å²) in [6, 6.07) is 0. The molecule has 5 aliphatic carbocycles. The third-order valence-corrected chi connectivity index (χ3v) is 17.7. The maximum atomic E-state index is 13.3. The van der Waals surface area contributed by atoms with Gasteiger partial charge in [0.25, 0.3) is 0 Å². The number of morpholine rings is 1. The molecule has 1 unspecified atom stereocenters. The molecule has 1 amide bonds. The molecule has 1 N–H and O–H groups in total. The van der Waals surface area contributed by atoms with E-state index in [-0.39, 0.29) is 51.4 Å². The van der Waals surface area contributed by atoms with E-state index in [9.17, 15) is 31.5 Å². The first kappa shape index (κ1) is 37.3. The van der Waals surface area contributed by atoms with Crippen LogP contribution in [0.2, 0.25) is 0 Å². The number of halogens is 3. The first-order chi connectivity index (χ1) is 23.1. The Morgan fingerprint density at radius 3 is 2.38 bits per heavy atom. The van der Waals surface area contributed by atoms with Crippen LogP contribution < -0.4 is 0 Å². The summed E-state index contributed by atoms with van der Waals surface area (Å²) in [7, 11) is -4.52. The number of aliphatic hydroxyl groups is 1. The average molecular weight is 733 g/mol. The van der Waals surface area contributed by atoms with Crippen molar-refractivity contribution in [1.29, 1.82) is 0 Å². The first-order valence-electron chi connectivity index (χ1n) is 19.0. The van der Waals surface area contributed by atoms with E-state index in [1.54, 1.807) is 0 Å². The van der Waals surface area contributed by atoms with Crippen molar-refractivity contribution < 1.29 is 45.7 Å². The maximum absolute atomic E-state index is 13.3. The molecule has 2 aliphatic heterocycles. The van der Waals surface area contributed by atoms with E-state index in [4.69, 9.17) is 14.2 Å². The number of ether oxygens (including phenoxy) is 3. The number of nitrogens with zero attached hydrogens (tertiary/aromatic N) is 2. The number of carbonyl (C=O) groups excluding carboxylic acids is 1. The molecule has 13 heteroatoms. The first-order valence-corrected chi connectivity index (χ1v) is 20.4. The summed E-state index contributed by atoms with van der Waals surface area (Å²) >= 11 is 0. The number of amides is 1. The van der Waals surface area contributed by atoms with Crippen LogP contribution in [0.3, 0.4) is 0 Å². The van der Waals surface area contributed by atoms with Gasteiger partial charge in [-0.15, -0.1) is 0 Å². The lowest BCUT2D eigenvalue weighted by atomic mass is 9.41. The van der Waals surface area contributed by atoms with E-state index in [2.05, 4.69) is 34.6 Å². The van der Waals surface area contributed by atoms with Gasteiger partial charge in [-0.05, 0) is 96.7 Å². The Morgan fingerprint density at radius 1 is 1.06 bits per heavy atom. The number of alkyl halides is 3. The molecule has 286 valence electrons. The van der Waals surface area contributed by atoms with Crippen LogP contribution in [0.4, 0.5) is 13.2 Å². The van der Waals surface area contributed by atoms with Gasteiger partial charge >= 0.3 is 15.5 Å². The molecule has 5 saturated carbocycles. The highest BCUT2D eigenvalue weighted by molar-refractivity contribution is 7.89. The van der Waals surface area contributed by atoms with Gasteiger partial charge in [0.05, 0.1) is 37.6 Å². The topological polar surface area (TPSA) is 106 Å². The highest BCUT2D eigenvalue weighted by Crippen LogP contribution is 2.89. The Hall–Kier alpha value is -0.990. The molecule has 2 spiro atoms. The van der Waals surface area contributed by atoms with Gasteiger partial charge in [-0.2, -0.15) is 17.5 Å². The third kappa shape index (κ3) is 4.93. The van der Waals surface area contributed by atoms with Crippen molar-refractivity contribution in [2.24, 2.45) is 56.7 Å². The zero-order chi connectivity index (χ0) is 36.6.